The van der Waals surface area contributed by atoms with Crippen LogP contribution in [0.5, 0.6) is 0 Å². The number of carboxylic acid groups (broad SMARTS) is 1. The Morgan fingerprint density at radius 2 is 2.16 bits per heavy atom. The molecule has 7 heteroatoms. The predicted molar refractivity (Wildman–Crippen MR) is 73.0 cm³/mol. The molecule has 1 heterocycles. The lowest BCUT2D eigenvalue weighted by Gasteiger charge is -2.27. The largest absolute Gasteiger partial charge is 0.480 e. The van der Waals surface area contributed by atoms with Gasteiger partial charge in [-0.2, -0.15) is 11.8 Å². The summed E-state index contributed by atoms with van der Waals surface area (Å²) in [5, 5.41) is 11.7. The third kappa shape index (κ3) is 4.41. The number of nitrogens with one attached hydrogen (secondary N) is 1. The Labute approximate surface area is 116 Å². The van der Waals surface area contributed by atoms with Crippen molar-refractivity contribution in [2.45, 2.75) is 38.3 Å². The van der Waals surface area contributed by atoms with Crippen LogP contribution in [0.4, 0.5) is 0 Å². The summed E-state index contributed by atoms with van der Waals surface area (Å²) in [6.07, 6.45) is 3.61. The molecule has 1 rings (SSSR count). The monoisotopic (exact) mass is 288 g/mol. The first-order valence-electron chi connectivity index (χ1n) is 6.26. The Balaban J connectivity index is 2.73. The Bertz CT molecular complexity index is 362. The highest BCUT2D eigenvalue weighted by atomic mass is 32.2. The zero-order chi connectivity index (χ0) is 14.4. The van der Waals surface area contributed by atoms with Gasteiger partial charge in [-0.15, -0.1) is 0 Å². The lowest BCUT2D eigenvalue weighted by molar-refractivity contribution is -0.149. The molecular weight excluding hydrogens is 268 g/mol. The molecule has 1 fully saturated rings. The first-order chi connectivity index (χ1) is 8.97. The van der Waals surface area contributed by atoms with Gasteiger partial charge in [-0.05, 0) is 31.3 Å². The van der Waals surface area contributed by atoms with Gasteiger partial charge in [-0.1, -0.05) is 0 Å². The van der Waals surface area contributed by atoms with Crippen molar-refractivity contribution in [1.82, 2.24) is 10.2 Å². The van der Waals surface area contributed by atoms with E-state index in [0.29, 0.717) is 25.8 Å². The van der Waals surface area contributed by atoms with Crippen molar-refractivity contribution >= 4 is 29.5 Å². The van der Waals surface area contributed by atoms with Crippen LogP contribution in [-0.2, 0) is 14.4 Å². The van der Waals surface area contributed by atoms with Gasteiger partial charge in [0.05, 0.1) is 0 Å². The number of amides is 2. The van der Waals surface area contributed by atoms with Crippen LogP contribution in [0.25, 0.3) is 0 Å². The summed E-state index contributed by atoms with van der Waals surface area (Å²) >= 11 is 1.59. The number of rotatable bonds is 6. The van der Waals surface area contributed by atoms with Gasteiger partial charge in [0.1, 0.15) is 12.1 Å². The molecule has 0 unspecified atom stereocenters. The number of nitrogens with zero attached hydrogens (tertiary/aromatic N) is 1. The average Bonchev–Trinajstić information content (AvgIpc) is 2.82. The number of carboxylic acids is 1. The second-order valence-corrected chi connectivity index (χ2v) is 5.55. The van der Waals surface area contributed by atoms with Crippen molar-refractivity contribution < 1.29 is 19.5 Å². The zero-order valence-electron chi connectivity index (χ0n) is 11.2. The minimum absolute atomic E-state index is 0.273. The van der Waals surface area contributed by atoms with Gasteiger partial charge in [0, 0.05) is 13.5 Å². The van der Waals surface area contributed by atoms with Gasteiger partial charge < -0.3 is 15.3 Å². The third-order valence-electron chi connectivity index (χ3n) is 3.11. The molecule has 1 aliphatic rings. The Morgan fingerprint density at radius 1 is 1.47 bits per heavy atom. The fraction of sp³-hybridized carbons (Fsp3) is 0.750. The molecule has 0 aromatic heterocycles. The van der Waals surface area contributed by atoms with E-state index < -0.39 is 18.1 Å². The Morgan fingerprint density at radius 3 is 2.68 bits per heavy atom. The Hall–Kier alpha value is -1.24. The van der Waals surface area contributed by atoms with Crippen molar-refractivity contribution in [2.75, 3.05) is 18.6 Å². The minimum Gasteiger partial charge on any atom is -0.480 e. The molecule has 0 aromatic carbocycles. The third-order valence-corrected chi connectivity index (χ3v) is 3.75. The molecule has 2 N–H and O–H groups in total. The summed E-state index contributed by atoms with van der Waals surface area (Å²) in [4.78, 5) is 36.0. The van der Waals surface area contributed by atoms with Gasteiger partial charge >= 0.3 is 5.97 Å². The normalized spacial score (nSPS) is 20.1. The molecular formula is C12H20N2O4S. The van der Waals surface area contributed by atoms with Gasteiger partial charge in [-0.25, -0.2) is 4.79 Å². The molecule has 2 amide bonds. The van der Waals surface area contributed by atoms with E-state index in [1.807, 2.05) is 6.26 Å². The topological polar surface area (TPSA) is 86.7 Å². The highest BCUT2D eigenvalue weighted by molar-refractivity contribution is 7.98. The average molecular weight is 288 g/mol. The van der Waals surface area contributed by atoms with Crippen LogP contribution < -0.4 is 5.32 Å². The van der Waals surface area contributed by atoms with Gasteiger partial charge in [-0.3, -0.25) is 9.59 Å². The summed E-state index contributed by atoms with van der Waals surface area (Å²) in [5.74, 6) is -0.792. The number of thioether (sulfide) groups is 1. The first-order valence-corrected chi connectivity index (χ1v) is 7.66. The standard InChI is InChI=1S/C12H20N2O4S/c1-8(15)13-9(5-7-19-2)11(16)14-6-3-4-10(14)12(17)18/h9-10H,3-7H2,1-2H3,(H,13,15)(H,17,18)/t9-,10-/m0/s1. The SMILES string of the molecule is CSCC[C@H](NC(C)=O)C(=O)N1CCC[C@H]1C(=O)O. The molecule has 1 aliphatic heterocycles. The van der Waals surface area contributed by atoms with Crippen molar-refractivity contribution in [3.63, 3.8) is 0 Å². The molecule has 2 atom stereocenters. The molecule has 0 radical (unpaired) electrons. The lowest BCUT2D eigenvalue weighted by atomic mass is 10.1. The van der Waals surface area contributed by atoms with E-state index in [1.165, 1.54) is 11.8 Å². The second-order valence-electron chi connectivity index (χ2n) is 4.56. The van der Waals surface area contributed by atoms with Gasteiger partial charge in [0.15, 0.2) is 0 Å². The summed E-state index contributed by atoms with van der Waals surface area (Å²) < 4.78 is 0. The fourth-order valence-electron chi connectivity index (χ4n) is 2.23. The molecule has 0 aliphatic carbocycles. The van der Waals surface area contributed by atoms with Crippen LogP contribution in [0.1, 0.15) is 26.2 Å². The minimum atomic E-state index is -0.975. The second kappa shape index (κ2) is 7.37. The molecule has 0 bridgehead atoms. The maximum absolute atomic E-state index is 12.3. The zero-order valence-corrected chi connectivity index (χ0v) is 12.0. The van der Waals surface area contributed by atoms with Crippen LogP contribution in [0, 0.1) is 0 Å². The van der Waals surface area contributed by atoms with Gasteiger partial charge in [0.2, 0.25) is 11.8 Å². The molecule has 0 saturated carbocycles. The quantitative estimate of drug-likeness (QED) is 0.735. The van der Waals surface area contributed by atoms with Crippen molar-refractivity contribution in [3.8, 4) is 0 Å². The maximum Gasteiger partial charge on any atom is 0.326 e. The highest BCUT2D eigenvalue weighted by Gasteiger charge is 2.37. The van der Waals surface area contributed by atoms with Crippen LogP contribution in [0.15, 0.2) is 0 Å². The smallest absolute Gasteiger partial charge is 0.326 e. The van der Waals surface area contributed by atoms with Gasteiger partial charge in [0.25, 0.3) is 0 Å². The number of hydrogen-bond acceptors (Lipinski definition) is 4. The van der Waals surface area contributed by atoms with E-state index in [9.17, 15) is 14.4 Å². The van der Waals surface area contributed by atoms with Crippen LogP contribution >= 0.6 is 11.8 Å². The summed E-state index contributed by atoms with van der Waals surface area (Å²) in [5.41, 5.74) is 0. The lowest BCUT2D eigenvalue weighted by Crippen LogP contribution is -2.51. The molecule has 0 aromatic rings. The van der Waals surface area contributed by atoms with Crippen LogP contribution in [0.2, 0.25) is 0 Å². The van der Waals surface area contributed by atoms with E-state index in [-0.39, 0.29) is 11.8 Å². The van der Waals surface area contributed by atoms with Crippen molar-refractivity contribution in [1.29, 1.82) is 0 Å². The van der Waals surface area contributed by atoms with E-state index in [0.717, 1.165) is 5.75 Å². The molecule has 108 valence electrons. The number of aliphatic carboxylic acids is 1. The predicted octanol–water partition coefficient (Wildman–Crippen LogP) is 0.320. The summed E-state index contributed by atoms with van der Waals surface area (Å²) in [6, 6.07) is -1.37. The van der Waals surface area contributed by atoms with E-state index in [1.54, 1.807) is 11.8 Å². The maximum atomic E-state index is 12.3. The summed E-state index contributed by atoms with van der Waals surface area (Å²) in [7, 11) is 0. The molecule has 6 nitrogen and oxygen atoms in total. The van der Waals surface area contributed by atoms with Crippen molar-refractivity contribution in [3.05, 3.63) is 0 Å². The van der Waals surface area contributed by atoms with E-state index in [4.69, 9.17) is 5.11 Å². The molecule has 0 spiro atoms. The van der Waals surface area contributed by atoms with Crippen molar-refractivity contribution in [2.24, 2.45) is 0 Å². The highest BCUT2D eigenvalue weighted by Crippen LogP contribution is 2.19. The van der Waals surface area contributed by atoms with Crippen LogP contribution in [-0.4, -0.2) is 58.4 Å². The number of hydrogen-bond donors (Lipinski definition) is 2. The van der Waals surface area contributed by atoms with Crippen LogP contribution in [0.3, 0.4) is 0 Å². The number of carbonyl (C=O) groups is 3. The Kier molecular flexibility index (Phi) is 6.14. The molecule has 19 heavy (non-hydrogen) atoms. The fourth-order valence-corrected chi connectivity index (χ4v) is 2.70. The van der Waals surface area contributed by atoms with E-state index >= 15 is 0 Å². The summed E-state index contributed by atoms with van der Waals surface area (Å²) in [6.45, 7) is 1.81. The molecule has 1 saturated heterocycles. The van der Waals surface area contributed by atoms with E-state index in [2.05, 4.69) is 5.32 Å². The number of likely N-dealkylation sites (tertiary alicyclic amines) is 1. The first kappa shape index (κ1) is 15.8. The number of carbonyl (C=O) groups excluding carboxylic acids is 2.